The summed E-state index contributed by atoms with van der Waals surface area (Å²) in [5.74, 6) is 5.57. The zero-order valence-corrected chi connectivity index (χ0v) is 22.9. The third-order valence-electron chi connectivity index (χ3n) is 7.44. The third kappa shape index (κ3) is 6.81. The van der Waals surface area contributed by atoms with Gasteiger partial charge in [0.15, 0.2) is 0 Å². The molecule has 0 unspecified atom stereocenters. The highest BCUT2D eigenvalue weighted by Crippen LogP contribution is 2.42. The molecule has 4 nitrogen and oxygen atoms in total. The van der Waals surface area contributed by atoms with Gasteiger partial charge >= 0.3 is 0 Å². The van der Waals surface area contributed by atoms with E-state index in [-0.39, 0.29) is 17.3 Å². The summed E-state index contributed by atoms with van der Waals surface area (Å²) in [5.41, 5.74) is 3.90. The van der Waals surface area contributed by atoms with Crippen molar-refractivity contribution in [1.29, 1.82) is 0 Å². The van der Waals surface area contributed by atoms with E-state index in [1.807, 2.05) is 134 Å². The predicted octanol–water partition coefficient (Wildman–Crippen LogP) is 7.74. The molecule has 40 heavy (non-hydrogen) atoms. The molecule has 0 fully saturated rings. The molecule has 4 heteroatoms. The summed E-state index contributed by atoms with van der Waals surface area (Å²) >= 11 is 0. The number of carbonyl (C=O) groups excluding carboxylic acids is 1. The summed E-state index contributed by atoms with van der Waals surface area (Å²) in [6.45, 7) is 3.22. The summed E-state index contributed by atoms with van der Waals surface area (Å²) in [6, 6.07) is 39.3. The van der Waals surface area contributed by atoms with Gasteiger partial charge in [-0.15, -0.1) is 0 Å². The van der Waals surface area contributed by atoms with Gasteiger partial charge in [0, 0.05) is 10.8 Å². The maximum Gasteiger partial charge on any atom is 0.211 e. The van der Waals surface area contributed by atoms with Crippen LogP contribution in [-0.2, 0) is 10.2 Å². The van der Waals surface area contributed by atoms with E-state index in [2.05, 4.69) is 11.8 Å². The van der Waals surface area contributed by atoms with E-state index in [9.17, 15) is 14.9 Å². The zero-order chi connectivity index (χ0) is 28.4. The highest BCUT2D eigenvalue weighted by molar-refractivity contribution is 5.80. The zero-order valence-electron chi connectivity index (χ0n) is 22.9. The summed E-state index contributed by atoms with van der Waals surface area (Å²) in [6.07, 6.45) is 2.21. The number of hydrogen-bond acceptors (Lipinski definition) is 3. The molecule has 0 amide bonds. The van der Waals surface area contributed by atoms with Crippen LogP contribution in [0.4, 0.5) is 0 Å². The third-order valence-corrected chi connectivity index (χ3v) is 7.44. The first-order chi connectivity index (χ1) is 19.4. The number of rotatable bonds is 10. The number of carbonyl (C=O) groups is 1. The molecular formula is C36H33NO3. The quantitative estimate of drug-likeness (QED) is 0.120. The van der Waals surface area contributed by atoms with Crippen molar-refractivity contribution in [3.63, 3.8) is 0 Å². The van der Waals surface area contributed by atoms with Gasteiger partial charge in [0.2, 0.25) is 6.54 Å². The van der Waals surface area contributed by atoms with Gasteiger partial charge in [0.05, 0.1) is 11.3 Å². The fraction of sp³-hybridized carbons (Fsp3) is 0.194. The average molecular weight is 528 g/mol. The first-order valence-electron chi connectivity index (χ1n) is 13.4. The minimum absolute atomic E-state index is 0.0928. The van der Waals surface area contributed by atoms with Crippen molar-refractivity contribution in [1.82, 2.24) is 0 Å². The second-order valence-electron chi connectivity index (χ2n) is 10.1. The number of Topliss-reactive ketones (excluding diaryl/α,β-unsaturated/α-hetero) is 1. The van der Waals surface area contributed by atoms with Crippen LogP contribution in [0.25, 0.3) is 5.57 Å². The number of ketones is 1. The Morgan fingerprint density at radius 1 is 0.800 bits per heavy atom. The molecule has 0 aliphatic rings. The van der Waals surface area contributed by atoms with Crippen LogP contribution in [0.1, 0.15) is 48.4 Å². The Kier molecular flexibility index (Phi) is 9.44. The van der Waals surface area contributed by atoms with E-state index < -0.39 is 17.3 Å². The van der Waals surface area contributed by atoms with Crippen LogP contribution in [0.5, 0.6) is 0 Å². The summed E-state index contributed by atoms with van der Waals surface area (Å²) < 4.78 is 0. The highest BCUT2D eigenvalue weighted by atomic mass is 16.6. The molecule has 0 bridgehead atoms. The summed E-state index contributed by atoms with van der Waals surface area (Å²) in [4.78, 5) is 24.9. The molecule has 4 aromatic carbocycles. The van der Waals surface area contributed by atoms with Gasteiger partial charge in [0.25, 0.3) is 0 Å². The summed E-state index contributed by atoms with van der Waals surface area (Å²) in [5, 5.41) is 11.9. The smallest absolute Gasteiger partial charge is 0.211 e. The van der Waals surface area contributed by atoms with Crippen molar-refractivity contribution in [3.05, 3.63) is 160 Å². The van der Waals surface area contributed by atoms with Gasteiger partial charge in [-0.05, 0) is 54.2 Å². The van der Waals surface area contributed by atoms with Gasteiger partial charge < -0.3 is 0 Å². The van der Waals surface area contributed by atoms with E-state index in [0.717, 1.165) is 27.8 Å². The van der Waals surface area contributed by atoms with Gasteiger partial charge in [0.1, 0.15) is 5.78 Å². The van der Waals surface area contributed by atoms with Crippen molar-refractivity contribution in [3.8, 4) is 11.8 Å². The van der Waals surface area contributed by atoms with Gasteiger partial charge in [-0.2, -0.15) is 0 Å². The Balaban J connectivity index is 1.91. The molecule has 0 N–H and O–H groups in total. The number of hydrogen-bond donors (Lipinski definition) is 0. The molecule has 0 spiro atoms. The average Bonchev–Trinajstić information content (AvgIpc) is 2.99. The number of benzene rings is 4. The number of nitro groups is 1. The van der Waals surface area contributed by atoms with Crippen LogP contribution in [0.3, 0.4) is 0 Å². The van der Waals surface area contributed by atoms with Crippen molar-refractivity contribution < 1.29 is 9.72 Å². The SMILES string of the molecule is CC(=O)[C@@H](CC(C#C/C=C(\C)c1ccccc1)(c1ccccc1)c1ccccc1)[C@@H](C[N+](=O)[O-])c1ccccc1. The van der Waals surface area contributed by atoms with Crippen LogP contribution < -0.4 is 0 Å². The van der Waals surface area contributed by atoms with Crippen molar-refractivity contribution >= 4 is 11.4 Å². The lowest BCUT2D eigenvalue weighted by molar-refractivity contribution is -0.484. The second-order valence-corrected chi connectivity index (χ2v) is 10.1. The number of allylic oxidation sites excluding steroid dienone is 2. The predicted molar refractivity (Wildman–Crippen MR) is 161 cm³/mol. The number of nitrogens with zero attached hydrogens (tertiary/aromatic N) is 1. The van der Waals surface area contributed by atoms with Crippen LogP contribution in [0, 0.1) is 27.9 Å². The maximum atomic E-state index is 13.4. The molecule has 0 aromatic heterocycles. The van der Waals surface area contributed by atoms with Crippen molar-refractivity contribution in [2.24, 2.45) is 5.92 Å². The fourth-order valence-electron chi connectivity index (χ4n) is 5.32. The fourth-order valence-corrected chi connectivity index (χ4v) is 5.32. The maximum absolute atomic E-state index is 13.4. The van der Waals surface area contributed by atoms with Gasteiger partial charge in [-0.1, -0.05) is 133 Å². The van der Waals surface area contributed by atoms with Gasteiger partial charge in [-0.25, -0.2) is 0 Å². The van der Waals surface area contributed by atoms with E-state index in [1.54, 1.807) is 0 Å². The van der Waals surface area contributed by atoms with Crippen molar-refractivity contribution in [2.75, 3.05) is 6.54 Å². The summed E-state index contributed by atoms with van der Waals surface area (Å²) in [7, 11) is 0. The molecule has 4 aromatic rings. The lowest BCUT2D eigenvalue weighted by atomic mass is 9.65. The van der Waals surface area contributed by atoms with E-state index >= 15 is 0 Å². The van der Waals surface area contributed by atoms with Crippen LogP contribution >= 0.6 is 0 Å². The Morgan fingerprint density at radius 2 is 1.27 bits per heavy atom. The minimum atomic E-state index is -0.879. The van der Waals surface area contributed by atoms with Crippen LogP contribution in [0.2, 0.25) is 0 Å². The Bertz CT molecular complexity index is 1460. The first kappa shape index (κ1) is 28.3. The van der Waals surface area contributed by atoms with Crippen LogP contribution in [-0.4, -0.2) is 17.3 Å². The van der Waals surface area contributed by atoms with Crippen LogP contribution in [0.15, 0.2) is 127 Å². The minimum Gasteiger partial charge on any atom is -0.300 e. The molecule has 0 heterocycles. The Morgan fingerprint density at radius 3 is 1.75 bits per heavy atom. The topological polar surface area (TPSA) is 60.2 Å². The molecule has 2 atom stereocenters. The lowest BCUT2D eigenvalue weighted by Crippen LogP contribution is -2.36. The van der Waals surface area contributed by atoms with E-state index in [0.29, 0.717) is 6.42 Å². The monoisotopic (exact) mass is 527 g/mol. The molecule has 0 aliphatic carbocycles. The first-order valence-corrected chi connectivity index (χ1v) is 13.4. The molecule has 4 rings (SSSR count). The lowest BCUT2D eigenvalue weighted by Gasteiger charge is -2.35. The Labute approximate surface area is 236 Å². The second kappa shape index (κ2) is 13.4. The molecule has 0 saturated heterocycles. The molecule has 0 radical (unpaired) electrons. The molecule has 0 aliphatic heterocycles. The largest absolute Gasteiger partial charge is 0.300 e. The van der Waals surface area contributed by atoms with Crippen molar-refractivity contribution in [2.45, 2.75) is 31.6 Å². The highest BCUT2D eigenvalue weighted by Gasteiger charge is 2.41. The van der Waals surface area contributed by atoms with E-state index in [4.69, 9.17) is 0 Å². The van der Waals surface area contributed by atoms with E-state index in [1.165, 1.54) is 6.92 Å². The molecule has 0 saturated carbocycles. The normalized spacial score (nSPS) is 13.0. The standard InChI is InChI=1S/C36H33NO3/c1-28(30-17-7-3-8-18-30)16-15-25-36(32-21-11-5-12-22-32,33-23-13-6-14-24-33)26-34(29(2)38)35(27-37(39)40)31-19-9-4-10-20-31/h3-14,16-24,34-35H,26-27H2,1-2H3/b28-16+/t34-,35+/m1/s1. The van der Waals surface area contributed by atoms with Gasteiger partial charge in [-0.3, -0.25) is 14.9 Å². The Hall–Kier alpha value is -4.75. The molecule has 200 valence electrons. The molecular weight excluding hydrogens is 494 g/mol.